The van der Waals surface area contributed by atoms with Gasteiger partial charge in [-0.2, -0.15) is 0 Å². The molecule has 0 saturated heterocycles. The van der Waals surface area contributed by atoms with Crippen LogP contribution < -0.4 is 11.1 Å². The molecular weight excluding hydrogens is 335 g/mol. The molecule has 0 heterocycles. The minimum atomic E-state index is -1.28. The predicted octanol–water partition coefficient (Wildman–Crippen LogP) is 3.08. The van der Waals surface area contributed by atoms with Gasteiger partial charge in [-0.1, -0.05) is 52.3 Å². The van der Waals surface area contributed by atoms with E-state index in [-0.39, 0.29) is 5.56 Å². The molecule has 0 bridgehead atoms. The summed E-state index contributed by atoms with van der Waals surface area (Å²) in [6.45, 7) is 2.00. The SMILES string of the molecule is CC(NCc1ccccc1)(C(N)=O)c1ccc(Br)cc1F. The zero-order valence-corrected chi connectivity index (χ0v) is 13.2. The van der Waals surface area contributed by atoms with Crippen LogP contribution in [0.3, 0.4) is 0 Å². The summed E-state index contributed by atoms with van der Waals surface area (Å²) in [5.74, 6) is -1.11. The Morgan fingerprint density at radius 2 is 1.95 bits per heavy atom. The van der Waals surface area contributed by atoms with Crippen molar-refractivity contribution in [3.05, 3.63) is 69.9 Å². The Morgan fingerprint density at radius 1 is 1.29 bits per heavy atom. The van der Waals surface area contributed by atoms with Crippen LogP contribution in [0.2, 0.25) is 0 Å². The van der Waals surface area contributed by atoms with Crippen molar-refractivity contribution in [1.82, 2.24) is 5.32 Å². The normalized spacial score (nSPS) is 13.7. The number of benzene rings is 2. The lowest BCUT2D eigenvalue weighted by molar-refractivity contribution is -0.124. The van der Waals surface area contributed by atoms with Crippen LogP contribution in [0.1, 0.15) is 18.1 Å². The fourth-order valence-corrected chi connectivity index (χ4v) is 2.42. The molecule has 0 aliphatic rings. The number of carbonyl (C=O) groups is 1. The van der Waals surface area contributed by atoms with Crippen molar-refractivity contribution in [3.8, 4) is 0 Å². The summed E-state index contributed by atoms with van der Waals surface area (Å²) in [6, 6.07) is 14.1. The lowest BCUT2D eigenvalue weighted by Gasteiger charge is -2.28. The topological polar surface area (TPSA) is 55.1 Å². The third kappa shape index (κ3) is 3.49. The maximum Gasteiger partial charge on any atom is 0.242 e. The minimum Gasteiger partial charge on any atom is -0.368 e. The van der Waals surface area contributed by atoms with Crippen LogP contribution in [0.5, 0.6) is 0 Å². The summed E-state index contributed by atoms with van der Waals surface area (Å²) in [6.07, 6.45) is 0. The van der Waals surface area contributed by atoms with Crippen LogP contribution in [0.25, 0.3) is 0 Å². The first-order chi connectivity index (χ1) is 9.93. The first-order valence-electron chi connectivity index (χ1n) is 6.48. The van der Waals surface area contributed by atoms with Crippen LogP contribution >= 0.6 is 15.9 Å². The first-order valence-corrected chi connectivity index (χ1v) is 7.27. The van der Waals surface area contributed by atoms with E-state index < -0.39 is 17.3 Å². The number of halogens is 2. The standard InChI is InChI=1S/C16H16BrFN2O/c1-16(15(19)21,13-8-7-12(17)9-14(13)18)20-10-11-5-3-2-4-6-11/h2-9,20H,10H2,1H3,(H2,19,21). The maximum absolute atomic E-state index is 14.2. The van der Waals surface area contributed by atoms with Gasteiger partial charge in [-0.05, 0) is 24.6 Å². The first kappa shape index (κ1) is 15.7. The van der Waals surface area contributed by atoms with E-state index in [1.807, 2.05) is 30.3 Å². The van der Waals surface area contributed by atoms with Gasteiger partial charge in [0.25, 0.3) is 0 Å². The number of carbonyl (C=O) groups excluding carboxylic acids is 1. The Balaban J connectivity index is 2.30. The van der Waals surface area contributed by atoms with Gasteiger partial charge in [0, 0.05) is 16.6 Å². The molecule has 0 saturated carbocycles. The Bertz CT molecular complexity index is 648. The van der Waals surface area contributed by atoms with E-state index in [0.717, 1.165) is 5.56 Å². The molecule has 3 nitrogen and oxygen atoms in total. The summed E-state index contributed by atoms with van der Waals surface area (Å²) in [4.78, 5) is 11.9. The van der Waals surface area contributed by atoms with Gasteiger partial charge < -0.3 is 5.73 Å². The van der Waals surface area contributed by atoms with Crippen LogP contribution in [-0.2, 0) is 16.9 Å². The number of nitrogens with two attached hydrogens (primary N) is 1. The lowest BCUT2D eigenvalue weighted by atomic mass is 9.90. The number of primary amides is 1. The second kappa shape index (κ2) is 6.37. The van der Waals surface area contributed by atoms with Gasteiger partial charge in [0.2, 0.25) is 5.91 Å². The highest BCUT2D eigenvalue weighted by Gasteiger charge is 2.35. The molecule has 0 fully saturated rings. The number of rotatable bonds is 5. The summed E-state index contributed by atoms with van der Waals surface area (Å²) in [5, 5.41) is 3.06. The highest BCUT2D eigenvalue weighted by molar-refractivity contribution is 9.10. The van der Waals surface area contributed by atoms with Gasteiger partial charge in [-0.25, -0.2) is 4.39 Å². The quantitative estimate of drug-likeness (QED) is 0.870. The second-order valence-corrected chi connectivity index (χ2v) is 5.87. The molecule has 2 aromatic rings. The highest BCUT2D eigenvalue weighted by atomic mass is 79.9. The molecule has 2 rings (SSSR count). The van der Waals surface area contributed by atoms with Gasteiger partial charge in [-0.3, -0.25) is 10.1 Å². The van der Waals surface area contributed by atoms with Gasteiger partial charge in [0.1, 0.15) is 11.4 Å². The molecule has 1 atom stereocenters. The molecule has 1 amide bonds. The third-order valence-corrected chi connectivity index (χ3v) is 3.94. The van der Waals surface area contributed by atoms with Crippen LogP contribution in [-0.4, -0.2) is 5.91 Å². The average molecular weight is 351 g/mol. The monoisotopic (exact) mass is 350 g/mol. The number of hydrogen-bond acceptors (Lipinski definition) is 2. The second-order valence-electron chi connectivity index (χ2n) is 4.95. The largest absolute Gasteiger partial charge is 0.368 e. The molecular formula is C16H16BrFN2O. The Morgan fingerprint density at radius 3 is 2.52 bits per heavy atom. The van der Waals surface area contributed by atoms with Crippen molar-refractivity contribution in [2.45, 2.75) is 19.0 Å². The molecule has 1 unspecified atom stereocenters. The molecule has 0 aliphatic heterocycles. The summed E-state index contributed by atoms with van der Waals surface area (Å²) in [7, 11) is 0. The van der Waals surface area contributed by atoms with Gasteiger partial charge in [0.15, 0.2) is 0 Å². The Kier molecular flexibility index (Phi) is 4.75. The fourth-order valence-electron chi connectivity index (χ4n) is 2.08. The molecule has 3 N–H and O–H groups in total. The molecule has 21 heavy (non-hydrogen) atoms. The minimum absolute atomic E-state index is 0.231. The van der Waals surface area contributed by atoms with E-state index in [4.69, 9.17) is 5.73 Å². The molecule has 2 aromatic carbocycles. The van der Waals surface area contributed by atoms with Crippen LogP contribution in [0.15, 0.2) is 53.0 Å². The van der Waals surface area contributed by atoms with Crippen LogP contribution in [0.4, 0.5) is 4.39 Å². The van der Waals surface area contributed by atoms with Crippen LogP contribution in [0, 0.1) is 5.82 Å². The number of nitrogens with one attached hydrogen (secondary N) is 1. The zero-order chi connectivity index (χ0) is 15.5. The van der Waals surface area contributed by atoms with Crippen molar-refractivity contribution in [3.63, 3.8) is 0 Å². The van der Waals surface area contributed by atoms with E-state index in [1.165, 1.54) is 6.07 Å². The van der Waals surface area contributed by atoms with Crippen molar-refractivity contribution in [2.75, 3.05) is 0 Å². The summed E-state index contributed by atoms with van der Waals surface area (Å²) < 4.78 is 14.8. The number of amides is 1. The van der Waals surface area contributed by atoms with Gasteiger partial charge in [0.05, 0.1) is 0 Å². The lowest BCUT2D eigenvalue weighted by Crippen LogP contribution is -2.50. The molecule has 0 aliphatic carbocycles. The molecule has 5 heteroatoms. The zero-order valence-electron chi connectivity index (χ0n) is 11.6. The van der Waals surface area contributed by atoms with E-state index in [9.17, 15) is 9.18 Å². The maximum atomic E-state index is 14.2. The smallest absolute Gasteiger partial charge is 0.242 e. The average Bonchev–Trinajstić information content (AvgIpc) is 2.45. The van der Waals surface area contributed by atoms with E-state index >= 15 is 0 Å². The fraction of sp³-hybridized carbons (Fsp3) is 0.188. The third-order valence-electron chi connectivity index (χ3n) is 3.45. The van der Waals surface area contributed by atoms with Crippen molar-refractivity contribution in [1.29, 1.82) is 0 Å². The van der Waals surface area contributed by atoms with Crippen molar-refractivity contribution in [2.24, 2.45) is 5.73 Å². The Labute approximate surface area is 131 Å². The predicted molar refractivity (Wildman–Crippen MR) is 83.9 cm³/mol. The Hall–Kier alpha value is -1.72. The molecule has 0 aromatic heterocycles. The van der Waals surface area contributed by atoms with Crippen molar-refractivity contribution < 1.29 is 9.18 Å². The van der Waals surface area contributed by atoms with Gasteiger partial charge in [-0.15, -0.1) is 0 Å². The molecule has 0 spiro atoms. The number of hydrogen-bond donors (Lipinski definition) is 2. The van der Waals surface area contributed by atoms with E-state index in [0.29, 0.717) is 11.0 Å². The van der Waals surface area contributed by atoms with Crippen molar-refractivity contribution >= 4 is 21.8 Å². The summed E-state index contributed by atoms with van der Waals surface area (Å²) in [5.41, 5.74) is 5.44. The summed E-state index contributed by atoms with van der Waals surface area (Å²) >= 11 is 3.20. The van der Waals surface area contributed by atoms with Gasteiger partial charge >= 0.3 is 0 Å². The highest BCUT2D eigenvalue weighted by Crippen LogP contribution is 2.26. The van der Waals surface area contributed by atoms with E-state index in [2.05, 4.69) is 21.2 Å². The van der Waals surface area contributed by atoms with E-state index in [1.54, 1.807) is 19.1 Å². The molecule has 0 radical (unpaired) electrons. The molecule has 110 valence electrons.